The van der Waals surface area contributed by atoms with E-state index in [1.54, 1.807) is 12.3 Å². The molecule has 0 aromatic carbocycles. The summed E-state index contributed by atoms with van der Waals surface area (Å²) in [6.07, 6.45) is 3.63. The lowest BCUT2D eigenvalue weighted by molar-refractivity contribution is 0.263. The molecule has 3 N–H and O–H groups in total. The Labute approximate surface area is 88.9 Å². The van der Waals surface area contributed by atoms with Crippen LogP contribution in [0.2, 0.25) is 0 Å². The number of anilines is 2. The number of nitrogens with zero attached hydrogens (tertiary/aromatic N) is 3. The number of nitrogen functional groups attached to an aromatic ring is 1. The molecule has 1 aromatic heterocycles. The lowest BCUT2D eigenvalue weighted by atomic mass is 10.1. The van der Waals surface area contributed by atoms with E-state index in [2.05, 4.69) is 14.9 Å². The average Bonchev–Trinajstić information content (AvgIpc) is 2.67. The van der Waals surface area contributed by atoms with Crippen LogP contribution in [0, 0.1) is 5.92 Å². The molecule has 82 valence electrons. The summed E-state index contributed by atoms with van der Waals surface area (Å²) >= 11 is 0. The fraction of sp³-hybridized carbons (Fsp3) is 0.600. The molecule has 1 aromatic rings. The van der Waals surface area contributed by atoms with E-state index in [0.29, 0.717) is 17.7 Å². The number of aliphatic hydroxyl groups excluding tert-OH is 1. The van der Waals surface area contributed by atoms with E-state index in [4.69, 9.17) is 10.8 Å². The summed E-state index contributed by atoms with van der Waals surface area (Å²) in [6.45, 7) is 2.13. The van der Waals surface area contributed by atoms with Crippen molar-refractivity contribution < 1.29 is 5.11 Å². The Hall–Kier alpha value is -1.36. The summed E-state index contributed by atoms with van der Waals surface area (Å²) in [6, 6.07) is 1.69. The number of aromatic nitrogens is 2. The Balaban J connectivity index is 2.01. The van der Waals surface area contributed by atoms with Crippen LogP contribution in [0.3, 0.4) is 0 Å². The van der Waals surface area contributed by atoms with E-state index in [9.17, 15) is 0 Å². The van der Waals surface area contributed by atoms with Gasteiger partial charge in [-0.05, 0) is 24.8 Å². The SMILES string of the molecule is Nc1ccnc(N2CCC(CCO)C2)n1. The Morgan fingerprint density at radius 2 is 2.47 bits per heavy atom. The third kappa shape index (κ3) is 2.36. The van der Waals surface area contributed by atoms with E-state index in [1.165, 1.54) is 0 Å². The fourth-order valence-electron chi connectivity index (χ4n) is 1.95. The van der Waals surface area contributed by atoms with Crippen LogP contribution in [0.25, 0.3) is 0 Å². The second-order valence-electron chi connectivity index (χ2n) is 3.89. The predicted molar refractivity (Wildman–Crippen MR) is 58.5 cm³/mol. The number of aliphatic hydroxyl groups is 1. The van der Waals surface area contributed by atoms with Crippen LogP contribution < -0.4 is 10.6 Å². The van der Waals surface area contributed by atoms with Gasteiger partial charge in [0.15, 0.2) is 0 Å². The Kier molecular flexibility index (Phi) is 3.01. The Morgan fingerprint density at radius 3 is 3.20 bits per heavy atom. The zero-order valence-corrected chi connectivity index (χ0v) is 8.63. The maximum absolute atomic E-state index is 8.86. The number of hydrogen-bond acceptors (Lipinski definition) is 5. The highest BCUT2D eigenvalue weighted by Gasteiger charge is 2.23. The molecule has 1 fully saturated rings. The van der Waals surface area contributed by atoms with Crippen molar-refractivity contribution in [2.24, 2.45) is 5.92 Å². The lowest BCUT2D eigenvalue weighted by Gasteiger charge is -2.15. The van der Waals surface area contributed by atoms with Gasteiger partial charge in [0.25, 0.3) is 0 Å². The van der Waals surface area contributed by atoms with Gasteiger partial charge in [0.05, 0.1) is 0 Å². The minimum absolute atomic E-state index is 0.260. The van der Waals surface area contributed by atoms with E-state index in [0.717, 1.165) is 25.9 Å². The van der Waals surface area contributed by atoms with Gasteiger partial charge in [0.1, 0.15) is 5.82 Å². The molecule has 1 aliphatic heterocycles. The molecule has 1 atom stereocenters. The van der Waals surface area contributed by atoms with Gasteiger partial charge in [0, 0.05) is 25.9 Å². The molecule has 0 amide bonds. The van der Waals surface area contributed by atoms with E-state index >= 15 is 0 Å². The van der Waals surface area contributed by atoms with Crippen LogP contribution in [0.5, 0.6) is 0 Å². The molecule has 5 heteroatoms. The van der Waals surface area contributed by atoms with Gasteiger partial charge in [-0.2, -0.15) is 4.98 Å². The van der Waals surface area contributed by atoms with Gasteiger partial charge in [-0.25, -0.2) is 4.98 Å². The van der Waals surface area contributed by atoms with Crippen LogP contribution in [-0.4, -0.2) is 34.8 Å². The van der Waals surface area contributed by atoms with Crippen LogP contribution in [0.1, 0.15) is 12.8 Å². The number of rotatable bonds is 3. The van der Waals surface area contributed by atoms with E-state index < -0.39 is 0 Å². The van der Waals surface area contributed by atoms with Crippen LogP contribution in [0.4, 0.5) is 11.8 Å². The maximum atomic E-state index is 8.86. The second kappa shape index (κ2) is 4.44. The summed E-state index contributed by atoms with van der Waals surface area (Å²) in [4.78, 5) is 10.5. The molecule has 0 spiro atoms. The first-order valence-corrected chi connectivity index (χ1v) is 5.24. The summed E-state index contributed by atoms with van der Waals surface area (Å²) < 4.78 is 0. The summed E-state index contributed by atoms with van der Waals surface area (Å²) in [7, 11) is 0. The van der Waals surface area contributed by atoms with Crippen molar-refractivity contribution in [3.05, 3.63) is 12.3 Å². The molecular weight excluding hydrogens is 192 g/mol. The molecule has 0 saturated carbocycles. The molecule has 0 aliphatic carbocycles. The van der Waals surface area contributed by atoms with E-state index in [-0.39, 0.29) is 6.61 Å². The van der Waals surface area contributed by atoms with Crippen molar-refractivity contribution in [2.75, 3.05) is 30.3 Å². The van der Waals surface area contributed by atoms with Gasteiger partial charge < -0.3 is 15.7 Å². The van der Waals surface area contributed by atoms with Crippen molar-refractivity contribution in [1.29, 1.82) is 0 Å². The molecular formula is C10H16N4O. The highest BCUT2D eigenvalue weighted by Crippen LogP contribution is 2.22. The zero-order valence-electron chi connectivity index (χ0n) is 8.63. The van der Waals surface area contributed by atoms with Crippen LogP contribution >= 0.6 is 0 Å². The number of hydrogen-bond donors (Lipinski definition) is 2. The van der Waals surface area contributed by atoms with Crippen molar-refractivity contribution in [3.63, 3.8) is 0 Å². The molecule has 1 aliphatic rings. The zero-order chi connectivity index (χ0) is 10.7. The predicted octanol–water partition coefficient (Wildman–Crippen LogP) is 0.267. The van der Waals surface area contributed by atoms with Gasteiger partial charge in [-0.1, -0.05) is 0 Å². The normalized spacial score (nSPS) is 20.9. The van der Waals surface area contributed by atoms with Crippen molar-refractivity contribution in [2.45, 2.75) is 12.8 Å². The van der Waals surface area contributed by atoms with Gasteiger partial charge >= 0.3 is 0 Å². The summed E-state index contributed by atoms with van der Waals surface area (Å²) in [5.74, 6) is 1.76. The first-order chi connectivity index (χ1) is 7.29. The minimum atomic E-state index is 0.260. The molecule has 2 rings (SSSR count). The maximum Gasteiger partial charge on any atom is 0.227 e. The molecule has 0 radical (unpaired) electrons. The monoisotopic (exact) mass is 208 g/mol. The average molecular weight is 208 g/mol. The topological polar surface area (TPSA) is 75.3 Å². The highest BCUT2D eigenvalue weighted by atomic mass is 16.3. The smallest absolute Gasteiger partial charge is 0.227 e. The summed E-state index contributed by atoms with van der Waals surface area (Å²) in [5, 5.41) is 8.86. The molecule has 0 bridgehead atoms. The lowest BCUT2D eigenvalue weighted by Crippen LogP contribution is -2.22. The van der Waals surface area contributed by atoms with Crippen LogP contribution in [0.15, 0.2) is 12.3 Å². The standard InChI is InChI=1S/C10H16N4O/c11-9-1-4-12-10(13-9)14-5-2-8(7-14)3-6-15/h1,4,8,15H,2-3,5-7H2,(H2,11,12,13). The quantitative estimate of drug-likeness (QED) is 0.745. The highest BCUT2D eigenvalue weighted by molar-refractivity contribution is 5.38. The molecule has 5 nitrogen and oxygen atoms in total. The summed E-state index contributed by atoms with van der Waals surface area (Å²) in [5.41, 5.74) is 5.60. The number of nitrogens with two attached hydrogens (primary N) is 1. The Bertz CT molecular complexity index is 331. The largest absolute Gasteiger partial charge is 0.396 e. The van der Waals surface area contributed by atoms with Gasteiger partial charge in [0.2, 0.25) is 5.95 Å². The fourth-order valence-corrected chi connectivity index (χ4v) is 1.95. The van der Waals surface area contributed by atoms with Gasteiger partial charge in [-0.3, -0.25) is 0 Å². The molecule has 2 heterocycles. The third-order valence-corrected chi connectivity index (χ3v) is 2.77. The minimum Gasteiger partial charge on any atom is -0.396 e. The van der Waals surface area contributed by atoms with E-state index in [1.807, 2.05) is 0 Å². The van der Waals surface area contributed by atoms with Crippen molar-refractivity contribution in [3.8, 4) is 0 Å². The third-order valence-electron chi connectivity index (χ3n) is 2.77. The van der Waals surface area contributed by atoms with Crippen molar-refractivity contribution >= 4 is 11.8 Å². The second-order valence-corrected chi connectivity index (χ2v) is 3.89. The first kappa shape index (κ1) is 10.2. The Morgan fingerprint density at radius 1 is 1.60 bits per heavy atom. The van der Waals surface area contributed by atoms with Gasteiger partial charge in [-0.15, -0.1) is 0 Å². The molecule has 15 heavy (non-hydrogen) atoms. The first-order valence-electron chi connectivity index (χ1n) is 5.24. The van der Waals surface area contributed by atoms with Crippen molar-refractivity contribution in [1.82, 2.24) is 9.97 Å². The van der Waals surface area contributed by atoms with Crippen LogP contribution in [-0.2, 0) is 0 Å². The molecule has 1 unspecified atom stereocenters. The molecule has 1 saturated heterocycles.